The lowest BCUT2D eigenvalue weighted by atomic mass is 10.2. The number of amides is 1. The second kappa shape index (κ2) is 8.22. The van der Waals surface area contributed by atoms with Gasteiger partial charge in [0.05, 0.1) is 19.3 Å². The first-order valence-corrected chi connectivity index (χ1v) is 10.6. The monoisotopic (exact) mass is 424 g/mol. The second-order valence-corrected chi connectivity index (χ2v) is 9.33. The number of nitrogens with zero attached hydrogens (tertiary/aromatic N) is 3. The van der Waals surface area contributed by atoms with E-state index in [1.807, 2.05) is 18.2 Å². The van der Waals surface area contributed by atoms with Crippen molar-refractivity contribution in [3.63, 3.8) is 0 Å². The van der Waals surface area contributed by atoms with Crippen molar-refractivity contribution >= 4 is 44.7 Å². The molecule has 2 aromatic heterocycles. The fourth-order valence-electron chi connectivity index (χ4n) is 2.39. The molecule has 1 aromatic carbocycles. The van der Waals surface area contributed by atoms with Gasteiger partial charge in [-0.15, -0.1) is 11.3 Å². The first-order chi connectivity index (χ1) is 12.9. The molecule has 27 heavy (non-hydrogen) atoms. The van der Waals surface area contributed by atoms with Crippen molar-refractivity contribution in [1.29, 1.82) is 0 Å². The molecule has 3 aromatic rings. The van der Waals surface area contributed by atoms with Gasteiger partial charge in [0.2, 0.25) is 5.91 Å². The van der Waals surface area contributed by atoms with Gasteiger partial charge in [-0.25, -0.2) is 13.1 Å². The third-order valence-electron chi connectivity index (χ3n) is 3.79. The van der Waals surface area contributed by atoms with E-state index < -0.39 is 15.9 Å². The van der Waals surface area contributed by atoms with E-state index in [1.54, 1.807) is 34.5 Å². The number of sulfonamides is 1. The number of carbonyl (C=O) groups excluding carboxylic acids is 1. The molecule has 0 fully saturated rings. The molecule has 0 atom stereocenters. The van der Waals surface area contributed by atoms with Gasteiger partial charge in [-0.05, 0) is 23.1 Å². The molecule has 0 saturated heterocycles. The van der Waals surface area contributed by atoms with Crippen LogP contribution in [-0.4, -0.2) is 42.0 Å². The quantitative estimate of drug-likeness (QED) is 0.632. The fourth-order valence-corrected chi connectivity index (χ4v) is 4.91. The first kappa shape index (κ1) is 19.6. The van der Waals surface area contributed by atoms with Crippen LogP contribution in [0.15, 0.2) is 58.3 Å². The number of likely N-dealkylation sites (N-methyl/N-ethyl adjacent to an activating group) is 1. The Morgan fingerprint density at radius 2 is 2.04 bits per heavy atom. The van der Waals surface area contributed by atoms with Gasteiger partial charge < -0.3 is 5.32 Å². The number of benzene rings is 1. The lowest BCUT2D eigenvalue weighted by Gasteiger charge is -2.16. The maximum Gasteiger partial charge on any atom is 0.252 e. The van der Waals surface area contributed by atoms with E-state index in [-0.39, 0.29) is 10.8 Å². The summed E-state index contributed by atoms with van der Waals surface area (Å²) in [5.74, 6) is 0.000353. The minimum atomic E-state index is -3.68. The van der Waals surface area contributed by atoms with Crippen molar-refractivity contribution in [1.82, 2.24) is 14.1 Å². The molecule has 0 radical (unpaired) electrons. The number of rotatable bonds is 7. The van der Waals surface area contributed by atoms with Crippen molar-refractivity contribution in [2.75, 3.05) is 18.9 Å². The highest BCUT2D eigenvalue weighted by molar-refractivity contribution is 7.91. The summed E-state index contributed by atoms with van der Waals surface area (Å²) < 4.78 is 27.6. The summed E-state index contributed by atoms with van der Waals surface area (Å²) in [6.45, 7) is 0.0725. The maximum absolute atomic E-state index is 12.4. The molecule has 7 nitrogen and oxygen atoms in total. The molecular weight excluding hydrogens is 408 g/mol. The Hall–Kier alpha value is -2.20. The van der Waals surface area contributed by atoms with E-state index in [9.17, 15) is 13.2 Å². The van der Waals surface area contributed by atoms with Crippen LogP contribution in [0.3, 0.4) is 0 Å². The highest BCUT2D eigenvalue weighted by Crippen LogP contribution is 2.20. The summed E-state index contributed by atoms with van der Waals surface area (Å²) in [6.07, 6.45) is 1.55. The molecule has 0 spiro atoms. The summed E-state index contributed by atoms with van der Waals surface area (Å²) in [5, 5.41) is 9.16. The highest BCUT2D eigenvalue weighted by Gasteiger charge is 2.24. The number of hydrogen-bond donors (Lipinski definition) is 1. The smallest absolute Gasteiger partial charge is 0.252 e. The molecule has 0 aliphatic rings. The lowest BCUT2D eigenvalue weighted by molar-refractivity contribution is -0.116. The number of nitrogens with one attached hydrogen (secondary N) is 1. The number of hydrogen-bond acceptors (Lipinski definition) is 5. The molecule has 0 saturated carbocycles. The minimum Gasteiger partial charge on any atom is -0.310 e. The minimum absolute atomic E-state index is 0.196. The molecular formula is C17H17ClN4O3S2. The highest BCUT2D eigenvalue weighted by atomic mass is 35.5. The van der Waals surface area contributed by atoms with Crippen molar-refractivity contribution in [2.24, 2.45) is 0 Å². The van der Waals surface area contributed by atoms with Crippen LogP contribution in [0.25, 0.3) is 0 Å². The molecule has 1 N–H and O–H groups in total. The zero-order valence-corrected chi connectivity index (χ0v) is 16.8. The van der Waals surface area contributed by atoms with Crippen LogP contribution in [0.4, 0.5) is 5.82 Å². The van der Waals surface area contributed by atoms with Crippen LogP contribution in [-0.2, 0) is 21.4 Å². The third kappa shape index (κ3) is 4.56. The number of anilines is 1. The van der Waals surface area contributed by atoms with E-state index in [0.29, 0.717) is 17.4 Å². The predicted molar refractivity (Wildman–Crippen MR) is 106 cm³/mol. The third-order valence-corrected chi connectivity index (χ3v) is 7.33. The van der Waals surface area contributed by atoms with Crippen LogP contribution >= 0.6 is 22.9 Å². The Labute approximate surface area is 166 Å². The summed E-state index contributed by atoms with van der Waals surface area (Å²) in [4.78, 5) is 12.3. The molecule has 0 bridgehead atoms. The van der Waals surface area contributed by atoms with E-state index in [1.165, 1.54) is 13.1 Å². The second-order valence-electron chi connectivity index (χ2n) is 5.71. The number of carbonyl (C=O) groups is 1. The van der Waals surface area contributed by atoms with Gasteiger partial charge in [0.25, 0.3) is 10.0 Å². The van der Waals surface area contributed by atoms with Crippen molar-refractivity contribution in [3.05, 3.63) is 64.6 Å². The van der Waals surface area contributed by atoms with Gasteiger partial charge in [-0.3, -0.25) is 4.79 Å². The van der Waals surface area contributed by atoms with Gasteiger partial charge >= 0.3 is 0 Å². The SMILES string of the molecule is CN(CC(=O)Nc1ccnn1Cc1ccccc1Cl)S(=O)(=O)c1cccs1. The summed E-state index contributed by atoms with van der Waals surface area (Å²) in [5.41, 5.74) is 0.857. The molecule has 0 unspecified atom stereocenters. The van der Waals surface area contributed by atoms with Crippen LogP contribution in [0, 0.1) is 0 Å². The van der Waals surface area contributed by atoms with Crippen molar-refractivity contribution in [2.45, 2.75) is 10.8 Å². The van der Waals surface area contributed by atoms with Gasteiger partial charge in [0.1, 0.15) is 10.0 Å². The maximum atomic E-state index is 12.4. The molecule has 3 rings (SSSR count). The molecule has 1 amide bonds. The van der Waals surface area contributed by atoms with Crippen LogP contribution in [0.2, 0.25) is 5.02 Å². The number of thiophene rings is 1. The van der Waals surface area contributed by atoms with Gasteiger partial charge in [-0.1, -0.05) is 35.9 Å². The average molecular weight is 425 g/mol. The van der Waals surface area contributed by atoms with E-state index in [0.717, 1.165) is 21.2 Å². The number of aromatic nitrogens is 2. The molecule has 0 aliphatic carbocycles. The lowest BCUT2D eigenvalue weighted by Crippen LogP contribution is -2.35. The summed E-state index contributed by atoms with van der Waals surface area (Å²) in [6, 6.07) is 12.2. The molecule has 2 heterocycles. The molecule has 10 heteroatoms. The first-order valence-electron chi connectivity index (χ1n) is 7.93. The largest absolute Gasteiger partial charge is 0.310 e. The standard InChI is InChI=1S/C17H17ClN4O3S2/c1-21(27(24,25)17-7-4-10-26-17)12-16(23)20-15-8-9-19-22(15)11-13-5-2-3-6-14(13)18/h2-10H,11-12H2,1H3,(H,20,23). The fraction of sp³-hybridized carbons (Fsp3) is 0.176. The Kier molecular flexibility index (Phi) is 5.95. The zero-order chi connectivity index (χ0) is 19.4. The Morgan fingerprint density at radius 3 is 2.74 bits per heavy atom. The van der Waals surface area contributed by atoms with Crippen molar-refractivity contribution in [3.8, 4) is 0 Å². The Balaban J connectivity index is 1.67. The normalized spacial score (nSPS) is 11.7. The van der Waals surface area contributed by atoms with Gasteiger partial charge in [0, 0.05) is 18.1 Å². The predicted octanol–water partition coefficient (Wildman–Crippen LogP) is 2.91. The number of halogens is 1. The van der Waals surface area contributed by atoms with Crippen LogP contribution in [0.5, 0.6) is 0 Å². The van der Waals surface area contributed by atoms with Crippen LogP contribution in [0.1, 0.15) is 5.56 Å². The Morgan fingerprint density at radius 1 is 1.26 bits per heavy atom. The van der Waals surface area contributed by atoms with Crippen LogP contribution < -0.4 is 5.32 Å². The molecule has 0 aliphatic heterocycles. The zero-order valence-electron chi connectivity index (χ0n) is 14.4. The molecule has 142 valence electrons. The van der Waals surface area contributed by atoms with Gasteiger partial charge in [0.15, 0.2) is 0 Å². The van der Waals surface area contributed by atoms with Crippen molar-refractivity contribution < 1.29 is 13.2 Å². The Bertz CT molecular complexity index is 1030. The topological polar surface area (TPSA) is 84.3 Å². The average Bonchev–Trinajstić information content (AvgIpc) is 3.29. The van der Waals surface area contributed by atoms with E-state index in [4.69, 9.17) is 11.6 Å². The van der Waals surface area contributed by atoms with Gasteiger partial charge in [-0.2, -0.15) is 9.40 Å². The summed E-state index contributed by atoms with van der Waals surface area (Å²) in [7, 11) is -2.31. The summed E-state index contributed by atoms with van der Waals surface area (Å²) >= 11 is 7.27. The van der Waals surface area contributed by atoms with E-state index in [2.05, 4.69) is 10.4 Å². The van der Waals surface area contributed by atoms with E-state index >= 15 is 0 Å².